The molecule has 2 aromatic heterocycles. The lowest BCUT2D eigenvalue weighted by Gasteiger charge is -2.14. The van der Waals surface area contributed by atoms with Crippen molar-refractivity contribution >= 4 is 41.3 Å². The number of thiophene rings is 1. The number of rotatable bonds is 8. The Morgan fingerprint density at radius 1 is 1.24 bits per heavy atom. The van der Waals surface area contributed by atoms with Crippen LogP contribution >= 0.6 is 35.3 Å². The predicted molar refractivity (Wildman–Crippen MR) is 129 cm³/mol. The third-order valence-corrected chi connectivity index (χ3v) is 5.32. The first kappa shape index (κ1) is 23.1. The standard InChI is InChI=1S/C20H26N6OS.HI/c1-4-21-20(22-12-14(2)17-6-5-11-28-17)23-13-18-24-19(26-25-18)15-7-9-16(27-3)10-8-15;/h5-11,14H,4,12-13H2,1-3H3,(H2,21,22,23)(H,24,25,26);1H. The average Bonchev–Trinajstić information content (AvgIpc) is 3.42. The molecule has 0 amide bonds. The molecule has 0 fully saturated rings. The highest BCUT2D eigenvalue weighted by atomic mass is 127. The summed E-state index contributed by atoms with van der Waals surface area (Å²) in [5.74, 6) is 3.37. The second-order valence-electron chi connectivity index (χ2n) is 6.33. The lowest BCUT2D eigenvalue weighted by molar-refractivity contribution is 0.415. The van der Waals surface area contributed by atoms with Crippen LogP contribution in [0, 0.1) is 0 Å². The van der Waals surface area contributed by atoms with Crippen molar-refractivity contribution in [2.75, 3.05) is 20.2 Å². The third kappa shape index (κ3) is 6.70. The van der Waals surface area contributed by atoms with Gasteiger partial charge in [0.2, 0.25) is 0 Å². The van der Waals surface area contributed by atoms with Crippen LogP contribution in [0.2, 0.25) is 0 Å². The van der Waals surface area contributed by atoms with Gasteiger partial charge in [-0.05, 0) is 42.6 Å². The van der Waals surface area contributed by atoms with Crippen molar-refractivity contribution in [3.05, 3.63) is 52.5 Å². The number of benzene rings is 1. The SMILES string of the molecule is CCNC(=NCc1nc(-c2ccc(OC)cc2)n[nH]1)NCC(C)c1cccs1.I. The smallest absolute Gasteiger partial charge is 0.191 e. The van der Waals surface area contributed by atoms with Gasteiger partial charge in [-0.3, -0.25) is 5.10 Å². The topological polar surface area (TPSA) is 87.2 Å². The van der Waals surface area contributed by atoms with Gasteiger partial charge in [0.05, 0.1) is 7.11 Å². The monoisotopic (exact) mass is 526 g/mol. The number of H-pyrrole nitrogens is 1. The second kappa shape index (κ2) is 11.8. The van der Waals surface area contributed by atoms with Crippen molar-refractivity contribution in [2.24, 2.45) is 4.99 Å². The van der Waals surface area contributed by atoms with Crippen molar-refractivity contribution < 1.29 is 4.74 Å². The number of nitrogens with zero attached hydrogens (tertiary/aromatic N) is 3. The Morgan fingerprint density at radius 2 is 2.03 bits per heavy atom. The van der Waals surface area contributed by atoms with Gasteiger partial charge in [-0.2, -0.15) is 5.10 Å². The molecule has 29 heavy (non-hydrogen) atoms. The number of guanidine groups is 1. The molecule has 1 aromatic carbocycles. The van der Waals surface area contributed by atoms with Crippen molar-refractivity contribution in [1.29, 1.82) is 0 Å². The number of nitrogens with one attached hydrogen (secondary N) is 3. The van der Waals surface area contributed by atoms with E-state index in [1.54, 1.807) is 18.4 Å². The van der Waals surface area contributed by atoms with Crippen LogP contribution < -0.4 is 15.4 Å². The number of hydrogen-bond donors (Lipinski definition) is 3. The fourth-order valence-electron chi connectivity index (χ4n) is 2.65. The largest absolute Gasteiger partial charge is 0.497 e. The number of halogens is 1. The fraction of sp³-hybridized carbons (Fsp3) is 0.350. The Bertz CT molecular complexity index is 879. The second-order valence-corrected chi connectivity index (χ2v) is 7.31. The highest BCUT2D eigenvalue weighted by Gasteiger charge is 2.09. The molecule has 156 valence electrons. The number of aromatic amines is 1. The summed E-state index contributed by atoms with van der Waals surface area (Å²) >= 11 is 1.78. The molecule has 3 N–H and O–H groups in total. The molecule has 7 nitrogen and oxygen atoms in total. The van der Waals surface area contributed by atoms with E-state index in [0.717, 1.165) is 30.4 Å². The Labute approximate surface area is 192 Å². The maximum absolute atomic E-state index is 5.18. The first-order chi connectivity index (χ1) is 13.7. The minimum Gasteiger partial charge on any atom is -0.497 e. The number of hydrogen-bond acceptors (Lipinski definition) is 5. The van der Waals surface area contributed by atoms with Crippen molar-refractivity contribution in [2.45, 2.75) is 26.3 Å². The van der Waals surface area contributed by atoms with Crippen LogP contribution in [0.1, 0.15) is 30.5 Å². The molecule has 0 aliphatic rings. The summed E-state index contributed by atoms with van der Waals surface area (Å²) in [5, 5.41) is 16.0. The minimum absolute atomic E-state index is 0. The van der Waals surface area contributed by atoms with E-state index < -0.39 is 0 Å². The summed E-state index contributed by atoms with van der Waals surface area (Å²) in [4.78, 5) is 10.5. The van der Waals surface area contributed by atoms with Crippen LogP contribution in [0.4, 0.5) is 0 Å². The molecule has 0 saturated heterocycles. The van der Waals surface area contributed by atoms with E-state index >= 15 is 0 Å². The molecule has 3 rings (SSSR count). The molecular weight excluding hydrogens is 499 g/mol. The lowest BCUT2D eigenvalue weighted by Crippen LogP contribution is -2.39. The summed E-state index contributed by atoms with van der Waals surface area (Å²) in [6.07, 6.45) is 0. The van der Waals surface area contributed by atoms with Gasteiger partial charge < -0.3 is 15.4 Å². The molecule has 0 bridgehead atoms. The summed E-state index contributed by atoms with van der Waals surface area (Å²) in [7, 11) is 1.65. The molecule has 0 aliphatic carbocycles. The Morgan fingerprint density at radius 3 is 2.69 bits per heavy atom. The van der Waals surface area contributed by atoms with Crippen molar-refractivity contribution in [3.63, 3.8) is 0 Å². The summed E-state index contributed by atoms with van der Waals surface area (Å²) in [5.41, 5.74) is 0.932. The van der Waals surface area contributed by atoms with Gasteiger partial charge in [-0.15, -0.1) is 35.3 Å². The summed E-state index contributed by atoms with van der Waals surface area (Å²) < 4.78 is 5.18. The number of methoxy groups -OCH3 is 1. The van der Waals surface area contributed by atoms with E-state index in [2.05, 4.69) is 62.2 Å². The van der Waals surface area contributed by atoms with Crippen LogP contribution in [-0.2, 0) is 6.54 Å². The molecule has 9 heteroatoms. The summed E-state index contributed by atoms with van der Waals surface area (Å²) in [6, 6.07) is 11.9. The van der Waals surface area contributed by atoms with Crippen molar-refractivity contribution in [1.82, 2.24) is 25.8 Å². The zero-order valence-electron chi connectivity index (χ0n) is 16.8. The highest BCUT2D eigenvalue weighted by Crippen LogP contribution is 2.20. The first-order valence-corrected chi connectivity index (χ1v) is 10.2. The molecule has 0 aliphatic heterocycles. The molecule has 0 saturated carbocycles. The maximum Gasteiger partial charge on any atom is 0.191 e. The maximum atomic E-state index is 5.18. The quantitative estimate of drug-likeness (QED) is 0.235. The average molecular weight is 526 g/mol. The highest BCUT2D eigenvalue weighted by molar-refractivity contribution is 14.0. The molecule has 0 spiro atoms. The molecule has 2 heterocycles. The van der Waals surface area contributed by atoms with Gasteiger partial charge in [0.1, 0.15) is 18.1 Å². The van der Waals surface area contributed by atoms with Crippen LogP contribution in [-0.4, -0.2) is 41.3 Å². The fourth-order valence-corrected chi connectivity index (χ4v) is 3.44. The zero-order chi connectivity index (χ0) is 19.8. The van der Waals surface area contributed by atoms with Crippen LogP contribution in [0.5, 0.6) is 5.75 Å². The predicted octanol–water partition coefficient (Wildman–Crippen LogP) is 4.02. The van der Waals surface area contributed by atoms with Gasteiger partial charge in [0, 0.05) is 29.4 Å². The number of aromatic nitrogens is 3. The van der Waals surface area contributed by atoms with E-state index in [-0.39, 0.29) is 24.0 Å². The van der Waals surface area contributed by atoms with Crippen LogP contribution in [0.3, 0.4) is 0 Å². The van der Waals surface area contributed by atoms with Gasteiger partial charge in [0.25, 0.3) is 0 Å². The van der Waals surface area contributed by atoms with Gasteiger partial charge >= 0.3 is 0 Å². The lowest BCUT2D eigenvalue weighted by atomic mass is 10.1. The van der Waals surface area contributed by atoms with E-state index in [9.17, 15) is 0 Å². The molecule has 1 unspecified atom stereocenters. The van der Waals surface area contributed by atoms with E-state index in [0.29, 0.717) is 24.1 Å². The van der Waals surface area contributed by atoms with Crippen LogP contribution in [0.25, 0.3) is 11.4 Å². The minimum atomic E-state index is 0. The van der Waals surface area contributed by atoms with Crippen LogP contribution in [0.15, 0.2) is 46.8 Å². The van der Waals surface area contributed by atoms with Gasteiger partial charge in [0.15, 0.2) is 11.8 Å². The Kier molecular flexibility index (Phi) is 9.39. The van der Waals surface area contributed by atoms with Gasteiger partial charge in [-0.25, -0.2) is 9.98 Å². The molecule has 0 radical (unpaired) electrons. The first-order valence-electron chi connectivity index (χ1n) is 9.31. The van der Waals surface area contributed by atoms with E-state index in [1.165, 1.54) is 4.88 Å². The van der Waals surface area contributed by atoms with Crippen molar-refractivity contribution in [3.8, 4) is 17.1 Å². The number of ether oxygens (including phenoxy) is 1. The van der Waals surface area contributed by atoms with E-state index in [4.69, 9.17) is 4.74 Å². The zero-order valence-corrected chi connectivity index (χ0v) is 20.0. The molecule has 3 aromatic rings. The van der Waals surface area contributed by atoms with E-state index in [1.807, 2.05) is 24.3 Å². The Balaban J connectivity index is 0.00000300. The summed E-state index contributed by atoms with van der Waals surface area (Å²) in [6.45, 7) is 6.30. The number of aliphatic imine (C=N–C) groups is 1. The normalized spacial score (nSPS) is 12.2. The third-order valence-electron chi connectivity index (χ3n) is 4.22. The Hall–Kier alpha value is -2.14. The molecular formula is C20H27IN6OS. The molecule has 1 atom stereocenters. The van der Waals surface area contributed by atoms with Gasteiger partial charge in [-0.1, -0.05) is 13.0 Å².